The Kier molecular flexibility index (Phi) is 8.06. The van der Waals surface area contributed by atoms with Crippen molar-refractivity contribution in [3.8, 4) is 11.1 Å². The van der Waals surface area contributed by atoms with Gasteiger partial charge in [0.05, 0.1) is 0 Å². The van der Waals surface area contributed by atoms with Crippen LogP contribution in [0.3, 0.4) is 0 Å². The predicted octanol–water partition coefficient (Wildman–Crippen LogP) is 4.70. The van der Waals surface area contributed by atoms with Crippen molar-refractivity contribution in [3.63, 3.8) is 0 Å². The highest BCUT2D eigenvalue weighted by atomic mass is 16.5. The molecule has 186 valence electrons. The number of carbonyl (C=O) groups is 3. The zero-order valence-electron chi connectivity index (χ0n) is 20.2. The first kappa shape index (κ1) is 24.8. The Morgan fingerprint density at radius 2 is 1.63 bits per heavy atom. The van der Waals surface area contributed by atoms with Crippen LogP contribution in [0.25, 0.3) is 11.1 Å². The Bertz CT molecular complexity index is 1020. The van der Waals surface area contributed by atoms with Crippen molar-refractivity contribution in [1.82, 2.24) is 10.6 Å². The summed E-state index contributed by atoms with van der Waals surface area (Å²) in [7, 11) is 0. The molecule has 0 saturated heterocycles. The highest BCUT2D eigenvalue weighted by Gasteiger charge is 2.34. The number of aliphatic carboxylic acids is 1. The quantitative estimate of drug-likeness (QED) is 0.485. The molecule has 0 radical (unpaired) electrons. The van der Waals surface area contributed by atoms with Gasteiger partial charge in [0.15, 0.2) is 0 Å². The molecule has 7 heteroatoms. The number of hydrogen-bond acceptors (Lipinski definition) is 4. The third-order valence-corrected chi connectivity index (χ3v) is 7.29. The summed E-state index contributed by atoms with van der Waals surface area (Å²) in [5.74, 6) is -1.60. The summed E-state index contributed by atoms with van der Waals surface area (Å²) in [5.41, 5.74) is 4.67. The molecule has 1 unspecified atom stereocenters. The fourth-order valence-electron chi connectivity index (χ4n) is 5.49. The number of rotatable bonds is 9. The van der Waals surface area contributed by atoms with Gasteiger partial charge in [0.2, 0.25) is 5.91 Å². The third-order valence-electron chi connectivity index (χ3n) is 7.29. The van der Waals surface area contributed by atoms with Crippen LogP contribution in [0.15, 0.2) is 48.5 Å². The van der Waals surface area contributed by atoms with Crippen molar-refractivity contribution in [2.24, 2.45) is 11.8 Å². The Balaban J connectivity index is 1.32. The summed E-state index contributed by atoms with van der Waals surface area (Å²) in [4.78, 5) is 36.9. The first-order valence-corrected chi connectivity index (χ1v) is 12.6. The van der Waals surface area contributed by atoms with Crippen LogP contribution in [-0.4, -0.2) is 42.3 Å². The third kappa shape index (κ3) is 5.66. The van der Waals surface area contributed by atoms with Crippen LogP contribution in [-0.2, 0) is 14.3 Å². The standard InChI is InChI=1S/C28H34N2O5/c1-2-9-25(27(32)33)30-26(31)19-11-4-3-10-18(19)16-29-28(34)35-17-24-22-14-7-5-12-20(22)21-13-6-8-15-23(21)24/h5-8,12-15,18-19,24-25H,2-4,9-11,16-17H2,1H3,(H,29,34)(H,30,31)(H,32,33)/t18-,19-,25?/m1/s1. The lowest BCUT2D eigenvalue weighted by atomic mass is 9.78. The molecule has 2 aromatic rings. The van der Waals surface area contributed by atoms with Crippen LogP contribution in [0.4, 0.5) is 4.79 Å². The van der Waals surface area contributed by atoms with Gasteiger partial charge in [-0.2, -0.15) is 0 Å². The number of carbonyl (C=O) groups excluding carboxylic acids is 2. The number of fused-ring (bicyclic) bond motifs is 3. The van der Waals surface area contributed by atoms with E-state index in [1.165, 1.54) is 11.1 Å². The van der Waals surface area contributed by atoms with Crippen molar-refractivity contribution in [2.75, 3.05) is 13.2 Å². The molecule has 2 amide bonds. The first-order chi connectivity index (χ1) is 17.0. The van der Waals surface area contributed by atoms with Gasteiger partial charge in [0.25, 0.3) is 0 Å². The monoisotopic (exact) mass is 478 g/mol. The molecule has 2 aromatic carbocycles. The maximum absolute atomic E-state index is 12.9. The summed E-state index contributed by atoms with van der Waals surface area (Å²) < 4.78 is 5.63. The van der Waals surface area contributed by atoms with Crippen molar-refractivity contribution in [1.29, 1.82) is 0 Å². The second kappa shape index (κ2) is 11.4. The van der Waals surface area contributed by atoms with Crippen LogP contribution >= 0.6 is 0 Å². The van der Waals surface area contributed by atoms with E-state index < -0.39 is 18.1 Å². The number of benzene rings is 2. The van der Waals surface area contributed by atoms with E-state index in [0.717, 1.165) is 30.4 Å². The Hall–Kier alpha value is -3.35. The topological polar surface area (TPSA) is 105 Å². The van der Waals surface area contributed by atoms with Gasteiger partial charge >= 0.3 is 12.1 Å². The zero-order chi connectivity index (χ0) is 24.8. The molecule has 3 N–H and O–H groups in total. The molecule has 2 aliphatic rings. The van der Waals surface area contributed by atoms with E-state index in [4.69, 9.17) is 4.74 Å². The predicted molar refractivity (Wildman–Crippen MR) is 133 cm³/mol. The number of carboxylic acids is 1. The largest absolute Gasteiger partial charge is 0.480 e. The molecule has 1 fully saturated rings. The lowest BCUT2D eigenvalue weighted by Gasteiger charge is -2.31. The van der Waals surface area contributed by atoms with E-state index in [-0.39, 0.29) is 30.3 Å². The molecule has 2 aliphatic carbocycles. The number of alkyl carbamates (subject to hydrolysis) is 1. The van der Waals surface area contributed by atoms with E-state index in [1.807, 2.05) is 31.2 Å². The van der Waals surface area contributed by atoms with Crippen LogP contribution < -0.4 is 10.6 Å². The fraction of sp³-hybridized carbons (Fsp3) is 0.464. The number of hydrogen-bond donors (Lipinski definition) is 3. The van der Waals surface area contributed by atoms with Gasteiger partial charge in [0.1, 0.15) is 12.6 Å². The van der Waals surface area contributed by atoms with Gasteiger partial charge in [0, 0.05) is 18.4 Å². The molecule has 0 bridgehead atoms. The van der Waals surface area contributed by atoms with E-state index in [9.17, 15) is 19.5 Å². The van der Waals surface area contributed by atoms with Crippen LogP contribution in [0.2, 0.25) is 0 Å². The number of nitrogens with one attached hydrogen (secondary N) is 2. The maximum atomic E-state index is 12.9. The van der Waals surface area contributed by atoms with Crippen molar-refractivity contribution in [3.05, 3.63) is 59.7 Å². The van der Waals surface area contributed by atoms with Crippen molar-refractivity contribution >= 4 is 18.0 Å². The zero-order valence-corrected chi connectivity index (χ0v) is 20.2. The molecular weight excluding hydrogens is 444 g/mol. The SMILES string of the molecule is CCCC(NC(=O)[C@@H]1CCCC[C@@H]1CNC(=O)OCC1c2ccccc2-c2ccccc21)C(=O)O. The summed E-state index contributed by atoms with van der Waals surface area (Å²) in [5, 5.41) is 14.9. The molecule has 7 nitrogen and oxygen atoms in total. The van der Waals surface area contributed by atoms with E-state index in [2.05, 4.69) is 34.9 Å². The van der Waals surface area contributed by atoms with E-state index >= 15 is 0 Å². The Morgan fingerprint density at radius 1 is 1.00 bits per heavy atom. The summed E-state index contributed by atoms with van der Waals surface area (Å²) in [6.07, 6.45) is 3.99. The molecule has 3 atom stereocenters. The average molecular weight is 479 g/mol. The van der Waals surface area contributed by atoms with Gasteiger partial charge in [-0.3, -0.25) is 4.79 Å². The smallest absolute Gasteiger partial charge is 0.407 e. The lowest BCUT2D eigenvalue weighted by molar-refractivity contribution is -0.143. The van der Waals surface area contributed by atoms with Crippen molar-refractivity contribution in [2.45, 2.75) is 57.4 Å². The van der Waals surface area contributed by atoms with E-state index in [1.54, 1.807) is 0 Å². The fourth-order valence-corrected chi connectivity index (χ4v) is 5.49. The molecule has 35 heavy (non-hydrogen) atoms. The van der Waals surface area contributed by atoms with Crippen LogP contribution in [0.1, 0.15) is 62.5 Å². The molecule has 1 saturated carbocycles. The van der Waals surface area contributed by atoms with Crippen LogP contribution in [0, 0.1) is 11.8 Å². The highest BCUT2D eigenvalue weighted by molar-refractivity contribution is 5.85. The second-order valence-corrected chi connectivity index (χ2v) is 9.55. The van der Waals surface area contributed by atoms with Crippen molar-refractivity contribution < 1.29 is 24.2 Å². The molecule has 0 aliphatic heterocycles. The number of ether oxygens (including phenoxy) is 1. The number of amides is 2. The van der Waals surface area contributed by atoms with Crippen LogP contribution in [0.5, 0.6) is 0 Å². The average Bonchev–Trinajstić information content (AvgIpc) is 3.19. The normalized spacial score (nSPS) is 19.8. The Labute approximate surface area is 206 Å². The summed E-state index contributed by atoms with van der Waals surface area (Å²) >= 11 is 0. The molecule has 0 aromatic heterocycles. The first-order valence-electron chi connectivity index (χ1n) is 12.6. The highest BCUT2D eigenvalue weighted by Crippen LogP contribution is 2.44. The van der Waals surface area contributed by atoms with Gasteiger partial charge < -0.3 is 20.5 Å². The molecule has 0 spiro atoms. The van der Waals surface area contributed by atoms with E-state index in [0.29, 0.717) is 25.8 Å². The second-order valence-electron chi connectivity index (χ2n) is 9.55. The molecule has 4 rings (SSSR count). The molecule has 0 heterocycles. The summed E-state index contributed by atoms with van der Waals surface area (Å²) in [6, 6.07) is 15.5. The summed E-state index contributed by atoms with van der Waals surface area (Å²) in [6.45, 7) is 2.47. The maximum Gasteiger partial charge on any atom is 0.407 e. The Morgan fingerprint density at radius 3 is 2.26 bits per heavy atom. The van der Waals surface area contributed by atoms with Gasteiger partial charge in [-0.25, -0.2) is 9.59 Å². The minimum atomic E-state index is -1.01. The minimum absolute atomic E-state index is 0.00660. The number of carboxylic acid groups (broad SMARTS) is 1. The molecular formula is C28H34N2O5. The minimum Gasteiger partial charge on any atom is -0.480 e. The lowest BCUT2D eigenvalue weighted by Crippen LogP contribution is -2.47. The van der Waals surface area contributed by atoms with Gasteiger partial charge in [-0.1, -0.05) is 74.7 Å². The van der Waals surface area contributed by atoms with Gasteiger partial charge in [-0.15, -0.1) is 0 Å². The van der Waals surface area contributed by atoms with Gasteiger partial charge in [-0.05, 0) is 47.4 Å².